The van der Waals surface area contributed by atoms with E-state index in [0.717, 1.165) is 17.2 Å². The molecule has 0 saturated carbocycles. The number of ether oxygens (including phenoxy) is 2. The van der Waals surface area contributed by atoms with Gasteiger partial charge in [0.1, 0.15) is 5.69 Å². The lowest BCUT2D eigenvalue weighted by Crippen LogP contribution is -2.37. The molecule has 11 nitrogen and oxygen atoms in total. The lowest BCUT2D eigenvalue weighted by molar-refractivity contribution is -0.384. The van der Waals surface area contributed by atoms with Gasteiger partial charge in [-0.15, -0.1) is 0 Å². The first-order valence-electron chi connectivity index (χ1n) is 9.57. The van der Waals surface area contributed by atoms with Crippen molar-refractivity contribution in [3.05, 3.63) is 63.2 Å². The molecule has 0 aliphatic rings. The van der Waals surface area contributed by atoms with Crippen molar-refractivity contribution in [3.8, 4) is 0 Å². The van der Waals surface area contributed by atoms with E-state index in [1.807, 2.05) is 25.2 Å². The van der Waals surface area contributed by atoms with Crippen LogP contribution in [-0.2, 0) is 14.3 Å². The first-order chi connectivity index (χ1) is 15.2. The fourth-order valence-corrected chi connectivity index (χ4v) is 2.61. The molecule has 0 fully saturated rings. The average molecular weight is 444 g/mol. The molecular formula is C21H24N4O7. The molecule has 0 bridgehead atoms. The van der Waals surface area contributed by atoms with Gasteiger partial charge in [-0.2, -0.15) is 0 Å². The molecule has 2 aromatic rings. The Hall–Kier alpha value is -3.99. The number of carbonyl (C=O) groups excluding carboxylic acids is 3. The van der Waals surface area contributed by atoms with Gasteiger partial charge in [0.05, 0.1) is 17.1 Å². The highest BCUT2D eigenvalue weighted by Gasteiger charge is 2.19. The molecule has 0 radical (unpaired) electrons. The van der Waals surface area contributed by atoms with E-state index in [9.17, 15) is 24.5 Å². The van der Waals surface area contributed by atoms with E-state index in [-0.39, 0.29) is 16.9 Å². The summed E-state index contributed by atoms with van der Waals surface area (Å²) in [6.07, 6.45) is 0. The SMILES string of the molecule is COCCNc1ccc(C(=O)OCC(=O)NC(=O)Nc2ccc(C)c(C)c2)cc1[N+](=O)[O-]. The molecule has 0 unspecified atom stereocenters. The Morgan fingerprint density at radius 2 is 1.81 bits per heavy atom. The number of amides is 3. The lowest BCUT2D eigenvalue weighted by Gasteiger charge is -2.10. The van der Waals surface area contributed by atoms with Crippen molar-refractivity contribution in [2.24, 2.45) is 0 Å². The molecule has 11 heteroatoms. The molecule has 0 atom stereocenters. The fourth-order valence-electron chi connectivity index (χ4n) is 2.61. The van der Waals surface area contributed by atoms with Crippen LogP contribution in [0.4, 0.5) is 21.9 Å². The number of anilines is 2. The van der Waals surface area contributed by atoms with Crippen LogP contribution < -0.4 is 16.0 Å². The number of rotatable bonds is 9. The van der Waals surface area contributed by atoms with Gasteiger partial charge >= 0.3 is 12.0 Å². The Morgan fingerprint density at radius 3 is 2.47 bits per heavy atom. The smallest absolute Gasteiger partial charge is 0.338 e. The van der Waals surface area contributed by atoms with E-state index in [0.29, 0.717) is 18.8 Å². The molecular weight excluding hydrogens is 420 g/mol. The third-order valence-electron chi connectivity index (χ3n) is 4.40. The van der Waals surface area contributed by atoms with Crippen LogP contribution in [0.1, 0.15) is 21.5 Å². The summed E-state index contributed by atoms with van der Waals surface area (Å²) in [5, 5.41) is 18.7. The second-order valence-corrected chi connectivity index (χ2v) is 6.79. The van der Waals surface area contributed by atoms with Gasteiger partial charge < -0.3 is 20.1 Å². The number of methoxy groups -OCH3 is 1. The molecule has 170 valence electrons. The van der Waals surface area contributed by atoms with Crippen molar-refractivity contribution in [1.82, 2.24) is 5.32 Å². The first kappa shape index (κ1) is 24.3. The Kier molecular flexibility index (Phi) is 8.66. The Morgan fingerprint density at radius 1 is 1.06 bits per heavy atom. The number of carbonyl (C=O) groups is 3. The maximum Gasteiger partial charge on any atom is 0.338 e. The summed E-state index contributed by atoms with van der Waals surface area (Å²) in [6, 6.07) is 8.22. The summed E-state index contributed by atoms with van der Waals surface area (Å²) in [5.74, 6) is -1.80. The summed E-state index contributed by atoms with van der Waals surface area (Å²) in [7, 11) is 1.50. The standard InChI is InChI=1S/C21H24N4O7/c1-13-4-6-16(10-14(13)2)23-21(28)24-19(26)12-32-20(27)15-5-7-17(22-8-9-31-3)18(11-15)25(29)30/h4-7,10-11,22H,8-9,12H2,1-3H3,(H2,23,24,26,28). The van der Waals surface area contributed by atoms with Crippen LogP contribution >= 0.6 is 0 Å². The number of aryl methyl sites for hydroxylation is 2. The Bertz CT molecular complexity index is 1020. The number of urea groups is 1. The number of nitro groups is 1. The van der Waals surface area contributed by atoms with Crippen LogP contribution in [-0.4, -0.2) is 49.7 Å². The van der Waals surface area contributed by atoms with Crippen molar-refractivity contribution in [2.75, 3.05) is 37.5 Å². The van der Waals surface area contributed by atoms with Gasteiger partial charge in [0.15, 0.2) is 6.61 Å². The molecule has 0 spiro atoms. The summed E-state index contributed by atoms with van der Waals surface area (Å²) >= 11 is 0. The van der Waals surface area contributed by atoms with Crippen LogP contribution in [0.5, 0.6) is 0 Å². The van der Waals surface area contributed by atoms with Gasteiger partial charge in [-0.3, -0.25) is 20.2 Å². The molecule has 32 heavy (non-hydrogen) atoms. The fraction of sp³-hybridized carbons (Fsp3) is 0.286. The highest BCUT2D eigenvalue weighted by Crippen LogP contribution is 2.25. The van der Waals surface area contributed by atoms with Gasteiger partial charge in [-0.05, 0) is 49.2 Å². The Labute approximate surface area is 184 Å². The first-order valence-corrected chi connectivity index (χ1v) is 9.57. The summed E-state index contributed by atoms with van der Waals surface area (Å²) in [4.78, 5) is 46.6. The van der Waals surface area contributed by atoms with Crippen LogP contribution in [0.25, 0.3) is 0 Å². The van der Waals surface area contributed by atoms with E-state index >= 15 is 0 Å². The lowest BCUT2D eigenvalue weighted by atomic mass is 10.1. The van der Waals surface area contributed by atoms with Crippen molar-refractivity contribution >= 4 is 35.0 Å². The van der Waals surface area contributed by atoms with Gasteiger partial charge in [0, 0.05) is 25.4 Å². The average Bonchev–Trinajstić information content (AvgIpc) is 2.74. The zero-order valence-corrected chi connectivity index (χ0v) is 17.9. The maximum atomic E-state index is 12.2. The molecule has 3 amide bonds. The maximum absolute atomic E-state index is 12.2. The van der Waals surface area contributed by atoms with Gasteiger partial charge in [0.2, 0.25) is 0 Å². The van der Waals surface area contributed by atoms with Gasteiger partial charge in [-0.25, -0.2) is 9.59 Å². The predicted octanol–water partition coefficient (Wildman–Crippen LogP) is 2.78. The number of nitrogens with zero attached hydrogens (tertiary/aromatic N) is 1. The van der Waals surface area contributed by atoms with Gasteiger partial charge in [0.25, 0.3) is 11.6 Å². The largest absolute Gasteiger partial charge is 0.452 e. The van der Waals surface area contributed by atoms with E-state index in [2.05, 4.69) is 10.6 Å². The number of benzene rings is 2. The second kappa shape index (κ2) is 11.4. The normalized spacial score (nSPS) is 10.2. The monoisotopic (exact) mass is 444 g/mol. The zero-order valence-electron chi connectivity index (χ0n) is 17.9. The van der Waals surface area contributed by atoms with Crippen LogP contribution in [0.3, 0.4) is 0 Å². The summed E-state index contributed by atoms with van der Waals surface area (Å²) < 4.78 is 9.73. The molecule has 0 aliphatic carbocycles. The van der Waals surface area contributed by atoms with Crippen molar-refractivity contribution in [3.63, 3.8) is 0 Å². The number of hydrogen-bond donors (Lipinski definition) is 3. The highest BCUT2D eigenvalue weighted by molar-refractivity contribution is 6.02. The van der Waals surface area contributed by atoms with Crippen molar-refractivity contribution in [2.45, 2.75) is 13.8 Å². The van der Waals surface area contributed by atoms with Crippen molar-refractivity contribution in [1.29, 1.82) is 0 Å². The van der Waals surface area contributed by atoms with Crippen LogP contribution in [0.15, 0.2) is 36.4 Å². The molecule has 0 aromatic heterocycles. The number of nitrogens with one attached hydrogen (secondary N) is 3. The van der Waals surface area contributed by atoms with Crippen LogP contribution in [0.2, 0.25) is 0 Å². The molecule has 3 N–H and O–H groups in total. The number of imide groups is 1. The minimum absolute atomic E-state index is 0.110. The number of nitro benzene ring substituents is 1. The molecule has 2 rings (SSSR count). The highest BCUT2D eigenvalue weighted by atomic mass is 16.6. The number of esters is 1. The topological polar surface area (TPSA) is 149 Å². The molecule has 0 aliphatic heterocycles. The van der Waals surface area contributed by atoms with E-state index < -0.39 is 29.4 Å². The minimum atomic E-state index is -0.943. The third kappa shape index (κ3) is 7.06. The summed E-state index contributed by atoms with van der Waals surface area (Å²) in [6.45, 7) is 3.76. The van der Waals surface area contributed by atoms with E-state index in [1.165, 1.54) is 19.2 Å². The predicted molar refractivity (Wildman–Crippen MR) is 117 cm³/mol. The third-order valence-corrected chi connectivity index (χ3v) is 4.40. The molecule has 0 saturated heterocycles. The van der Waals surface area contributed by atoms with Gasteiger partial charge in [-0.1, -0.05) is 6.07 Å². The van der Waals surface area contributed by atoms with E-state index in [1.54, 1.807) is 12.1 Å². The van der Waals surface area contributed by atoms with E-state index in [4.69, 9.17) is 9.47 Å². The Balaban J connectivity index is 1.91. The van der Waals surface area contributed by atoms with Crippen molar-refractivity contribution < 1.29 is 28.8 Å². The van der Waals surface area contributed by atoms with Crippen LogP contribution in [0, 0.1) is 24.0 Å². The molecule has 0 heterocycles. The second-order valence-electron chi connectivity index (χ2n) is 6.79. The summed E-state index contributed by atoms with van der Waals surface area (Å²) in [5.41, 5.74) is 2.30. The quantitative estimate of drug-likeness (QED) is 0.231. The number of hydrogen-bond acceptors (Lipinski definition) is 8. The molecule has 2 aromatic carbocycles. The zero-order chi connectivity index (χ0) is 23.7. The minimum Gasteiger partial charge on any atom is -0.452 e.